The molecule has 0 aliphatic carbocycles. The molecule has 0 N–H and O–H groups in total. The molecule has 100 valence electrons. The van der Waals surface area contributed by atoms with Crippen molar-refractivity contribution in [3.63, 3.8) is 0 Å². The Kier molecular flexibility index (Phi) is 3.94. The molecule has 2 aromatic rings. The molecule has 0 saturated carbocycles. The van der Waals surface area contributed by atoms with Gasteiger partial charge in [-0.3, -0.25) is 4.79 Å². The summed E-state index contributed by atoms with van der Waals surface area (Å²) >= 11 is 0. The summed E-state index contributed by atoms with van der Waals surface area (Å²) in [6.07, 6.45) is 1.58. The zero-order chi connectivity index (χ0) is 13.8. The van der Waals surface area contributed by atoms with Gasteiger partial charge in [0.1, 0.15) is 12.2 Å². The third-order valence-corrected chi connectivity index (χ3v) is 2.90. The van der Waals surface area contributed by atoms with Gasteiger partial charge < -0.3 is 9.30 Å². The van der Waals surface area contributed by atoms with E-state index in [1.165, 1.54) is 0 Å². The third-order valence-electron chi connectivity index (χ3n) is 2.90. The minimum absolute atomic E-state index is 0.302. The van der Waals surface area contributed by atoms with Crippen molar-refractivity contribution in [2.75, 3.05) is 6.61 Å². The molecule has 0 spiro atoms. The Labute approximate surface area is 112 Å². The number of hydrogen-bond donors (Lipinski definition) is 0. The van der Waals surface area contributed by atoms with E-state index in [2.05, 4.69) is 10.2 Å². The lowest BCUT2D eigenvalue weighted by atomic mass is 9.96. The van der Waals surface area contributed by atoms with E-state index in [-0.39, 0.29) is 5.97 Å². The van der Waals surface area contributed by atoms with E-state index in [1.54, 1.807) is 17.8 Å². The van der Waals surface area contributed by atoms with Gasteiger partial charge in [-0.2, -0.15) is 0 Å². The van der Waals surface area contributed by atoms with Gasteiger partial charge in [0.05, 0.1) is 6.61 Å². The van der Waals surface area contributed by atoms with Crippen LogP contribution in [0.4, 0.5) is 0 Å². The van der Waals surface area contributed by atoms with E-state index in [0.29, 0.717) is 12.4 Å². The first-order valence-corrected chi connectivity index (χ1v) is 6.20. The second-order valence-corrected chi connectivity index (χ2v) is 4.40. The molecule has 0 amide bonds. The van der Waals surface area contributed by atoms with Gasteiger partial charge in [-0.1, -0.05) is 29.8 Å². The number of carbonyl (C=O) groups is 1. The first-order valence-electron chi connectivity index (χ1n) is 6.20. The van der Waals surface area contributed by atoms with Gasteiger partial charge in [0, 0.05) is 7.05 Å². The van der Waals surface area contributed by atoms with Gasteiger partial charge in [-0.15, -0.1) is 10.2 Å². The topological polar surface area (TPSA) is 57.0 Å². The maximum atomic E-state index is 12.2. The van der Waals surface area contributed by atoms with Crippen molar-refractivity contribution in [3.8, 4) is 0 Å². The number of esters is 1. The van der Waals surface area contributed by atoms with Crippen LogP contribution >= 0.6 is 0 Å². The lowest BCUT2D eigenvalue weighted by Crippen LogP contribution is -2.20. The molecule has 0 radical (unpaired) electrons. The second kappa shape index (κ2) is 5.65. The van der Waals surface area contributed by atoms with Crippen molar-refractivity contribution in [1.82, 2.24) is 14.8 Å². The summed E-state index contributed by atoms with van der Waals surface area (Å²) in [6, 6.07) is 7.79. The molecule has 5 heteroatoms. The summed E-state index contributed by atoms with van der Waals surface area (Å²) in [5, 5.41) is 7.88. The average molecular weight is 259 g/mol. The first-order chi connectivity index (χ1) is 9.13. The average Bonchev–Trinajstić information content (AvgIpc) is 2.77. The summed E-state index contributed by atoms with van der Waals surface area (Å²) in [7, 11) is 1.82. The summed E-state index contributed by atoms with van der Waals surface area (Å²) in [5.74, 6) is -0.249. The number of ether oxygens (including phenoxy) is 1. The number of benzene rings is 1. The fraction of sp³-hybridized carbons (Fsp3) is 0.357. The van der Waals surface area contributed by atoms with Crippen molar-refractivity contribution in [1.29, 1.82) is 0 Å². The van der Waals surface area contributed by atoms with Crippen LogP contribution in [0.3, 0.4) is 0 Å². The lowest BCUT2D eigenvalue weighted by molar-refractivity contribution is -0.144. The minimum atomic E-state index is -0.535. The predicted octanol–water partition coefficient (Wildman–Crippen LogP) is 1.82. The maximum Gasteiger partial charge on any atom is 0.321 e. The van der Waals surface area contributed by atoms with Gasteiger partial charge in [0.2, 0.25) is 0 Å². The molecule has 0 fully saturated rings. The highest BCUT2D eigenvalue weighted by atomic mass is 16.5. The molecule has 1 aromatic carbocycles. The number of aryl methyl sites for hydroxylation is 2. The summed E-state index contributed by atoms with van der Waals surface area (Å²) in [5.41, 5.74) is 1.96. The Hall–Kier alpha value is -2.17. The highest BCUT2D eigenvalue weighted by Crippen LogP contribution is 2.24. The molecule has 19 heavy (non-hydrogen) atoms. The summed E-state index contributed by atoms with van der Waals surface area (Å²) < 4.78 is 6.90. The van der Waals surface area contributed by atoms with Gasteiger partial charge >= 0.3 is 5.97 Å². The Balaban J connectivity index is 2.46. The van der Waals surface area contributed by atoms with E-state index in [4.69, 9.17) is 4.74 Å². The molecule has 0 aliphatic heterocycles. The number of rotatable bonds is 4. The number of hydrogen-bond acceptors (Lipinski definition) is 4. The minimum Gasteiger partial charge on any atom is -0.465 e. The lowest BCUT2D eigenvalue weighted by Gasteiger charge is -2.15. The van der Waals surface area contributed by atoms with Crippen LogP contribution in [0.2, 0.25) is 0 Å². The Morgan fingerprint density at radius 2 is 2.26 bits per heavy atom. The number of carbonyl (C=O) groups excluding carboxylic acids is 1. The fourth-order valence-electron chi connectivity index (χ4n) is 2.02. The van der Waals surface area contributed by atoms with Crippen LogP contribution in [0, 0.1) is 6.92 Å². The van der Waals surface area contributed by atoms with Crippen molar-refractivity contribution in [3.05, 3.63) is 47.5 Å². The summed E-state index contributed by atoms with van der Waals surface area (Å²) in [6.45, 7) is 4.13. The first kappa shape index (κ1) is 13.3. The van der Waals surface area contributed by atoms with Crippen molar-refractivity contribution in [2.24, 2.45) is 7.05 Å². The van der Waals surface area contributed by atoms with Gasteiger partial charge in [0.15, 0.2) is 5.82 Å². The van der Waals surface area contributed by atoms with Crippen LogP contribution in [0.25, 0.3) is 0 Å². The molecule has 1 heterocycles. The number of aromatic nitrogens is 3. The Bertz CT molecular complexity index is 578. The van der Waals surface area contributed by atoms with Crippen LogP contribution in [-0.2, 0) is 16.6 Å². The van der Waals surface area contributed by atoms with Crippen LogP contribution in [0.15, 0.2) is 30.6 Å². The van der Waals surface area contributed by atoms with Gasteiger partial charge in [0.25, 0.3) is 0 Å². The molecule has 0 bridgehead atoms. The molecular formula is C14H17N3O2. The van der Waals surface area contributed by atoms with Crippen LogP contribution in [0.1, 0.15) is 29.8 Å². The third kappa shape index (κ3) is 2.81. The van der Waals surface area contributed by atoms with Crippen molar-refractivity contribution in [2.45, 2.75) is 19.8 Å². The largest absolute Gasteiger partial charge is 0.465 e. The molecule has 0 saturated heterocycles. The molecule has 1 atom stereocenters. The normalized spacial score (nSPS) is 12.2. The molecular weight excluding hydrogens is 242 g/mol. The highest BCUT2D eigenvalue weighted by molar-refractivity contribution is 5.81. The van der Waals surface area contributed by atoms with E-state index >= 15 is 0 Å². The van der Waals surface area contributed by atoms with E-state index in [1.807, 2.05) is 38.2 Å². The zero-order valence-electron chi connectivity index (χ0n) is 11.3. The molecule has 1 aromatic heterocycles. The zero-order valence-corrected chi connectivity index (χ0v) is 11.3. The van der Waals surface area contributed by atoms with E-state index < -0.39 is 5.92 Å². The molecule has 1 unspecified atom stereocenters. The van der Waals surface area contributed by atoms with E-state index in [9.17, 15) is 4.79 Å². The highest BCUT2D eigenvalue weighted by Gasteiger charge is 2.28. The predicted molar refractivity (Wildman–Crippen MR) is 70.7 cm³/mol. The monoisotopic (exact) mass is 259 g/mol. The number of nitrogens with zero attached hydrogens (tertiary/aromatic N) is 3. The van der Waals surface area contributed by atoms with Crippen LogP contribution < -0.4 is 0 Å². The second-order valence-electron chi connectivity index (χ2n) is 4.40. The Morgan fingerprint density at radius 3 is 2.84 bits per heavy atom. The van der Waals surface area contributed by atoms with E-state index in [0.717, 1.165) is 11.1 Å². The quantitative estimate of drug-likeness (QED) is 0.786. The van der Waals surface area contributed by atoms with Crippen LogP contribution in [-0.4, -0.2) is 27.3 Å². The molecule has 0 aliphatic rings. The standard InChI is InChI=1S/C14H17N3O2/c1-4-19-14(18)12(13-16-15-9-17(13)3)11-7-5-6-10(2)8-11/h5-9,12H,4H2,1-3H3. The van der Waals surface area contributed by atoms with Gasteiger partial charge in [-0.25, -0.2) is 0 Å². The van der Waals surface area contributed by atoms with Crippen LogP contribution in [0.5, 0.6) is 0 Å². The summed E-state index contributed by atoms with van der Waals surface area (Å²) in [4.78, 5) is 12.2. The van der Waals surface area contributed by atoms with Crippen molar-refractivity contribution < 1.29 is 9.53 Å². The fourth-order valence-corrected chi connectivity index (χ4v) is 2.02. The van der Waals surface area contributed by atoms with Crippen molar-refractivity contribution >= 4 is 5.97 Å². The molecule has 5 nitrogen and oxygen atoms in total. The molecule has 2 rings (SSSR count). The van der Waals surface area contributed by atoms with Gasteiger partial charge in [-0.05, 0) is 19.4 Å². The smallest absolute Gasteiger partial charge is 0.321 e. The Morgan fingerprint density at radius 1 is 1.47 bits per heavy atom. The SMILES string of the molecule is CCOC(=O)C(c1cccc(C)c1)c1nncn1C. The maximum absolute atomic E-state index is 12.2.